The van der Waals surface area contributed by atoms with Crippen molar-refractivity contribution in [2.45, 2.75) is 32.6 Å². The summed E-state index contributed by atoms with van der Waals surface area (Å²) < 4.78 is 0. The maximum Gasteiger partial charge on any atom is 0.232 e. The van der Waals surface area contributed by atoms with E-state index in [1.54, 1.807) is 4.90 Å². The Labute approximate surface area is 136 Å². The van der Waals surface area contributed by atoms with Crippen LogP contribution in [0, 0.1) is 5.92 Å². The molecule has 0 bridgehead atoms. The van der Waals surface area contributed by atoms with Gasteiger partial charge in [0.1, 0.15) is 0 Å². The summed E-state index contributed by atoms with van der Waals surface area (Å²) >= 11 is 6.31. The fourth-order valence-electron chi connectivity index (χ4n) is 3.43. The first-order chi connectivity index (χ1) is 10.6. The van der Waals surface area contributed by atoms with E-state index in [0.29, 0.717) is 26.1 Å². The number of anilines is 1. The van der Waals surface area contributed by atoms with Crippen molar-refractivity contribution in [1.29, 1.82) is 0 Å². The predicted octanol–water partition coefficient (Wildman–Crippen LogP) is 2.88. The van der Waals surface area contributed by atoms with Gasteiger partial charge < -0.3 is 9.80 Å². The molecular formula is C17H21ClN2O2. The lowest BCUT2D eigenvalue weighted by molar-refractivity contribution is -0.128. The number of rotatable bonds is 2. The molecule has 118 valence electrons. The maximum absolute atomic E-state index is 12.9. The van der Waals surface area contributed by atoms with Gasteiger partial charge >= 0.3 is 0 Å². The average Bonchev–Trinajstić information content (AvgIpc) is 2.75. The molecule has 3 rings (SSSR count). The molecule has 0 spiro atoms. The van der Waals surface area contributed by atoms with Gasteiger partial charge in [0.05, 0.1) is 5.92 Å². The zero-order chi connectivity index (χ0) is 15.7. The Bertz CT molecular complexity index is 602. The van der Waals surface area contributed by atoms with Crippen LogP contribution in [0.15, 0.2) is 18.2 Å². The molecule has 1 fully saturated rings. The SMILES string of the molecule is CCN1C[C@@H](C(=O)N2CCCCc3c(Cl)cccc32)CC1=O. The molecule has 1 saturated heterocycles. The first-order valence-corrected chi connectivity index (χ1v) is 8.36. The molecule has 5 heteroatoms. The molecule has 1 aromatic rings. The maximum atomic E-state index is 12.9. The number of amides is 2. The molecule has 1 atom stereocenters. The minimum atomic E-state index is -0.225. The summed E-state index contributed by atoms with van der Waals surface area (Å²) in [4.78, 5) is 28.5. The van der Waals surface area contributed by atoms with Crippen LogP contribution in [0.25, 0.3) is 0 Å². The number of fused-ring (bicyclic) bond motifs is 1. The first-order valence-electron chi connectivity index (χ1n) is 7.98. The predicted molar refractivity (Wildman–Crippen MR) is 87.1 cm³/mol. The Balaban J connectivity index is 1.87. The Morgan fingerprint density at radius 2 is 2.18 bits per heavy atom. The van der Waals surface area contributed by atoms with Crippen molar-refractivity contribution in [2.24, 2.45) is 5.92 Å². The first kappa shape index (κ1) is 15.3. The molecular weight excluding hydrogens is 300 g/mol. The van der Waals surface area contributed by atoms with Gasteiger partial charge in [0, 0.05) is 36.8 Å². The van der Waals surface area contributed by atoms with Crippen molar-refractivity contribution in [3.63, 3.8) is 0 Å². The molecule has 4 nitrogen and oxygen atoms in total. The highest BCUT2D eigenvalue weighted by Gasteiger charge is 2.37. The van der Waals surface area contributed by atoms with Crippen molar-refractivity contribution in [1.82, 2.24) is 4.90 Å². The van der Waals surface area contributed by atoms with Gasteiger partial charge in [-0.15, -0.1) is 0 Å². The summed E-state index contributed by atoms with van der Waals surface area (Å²) in [5.74, 6) is -0.0749. The summed E-state index contributed by atoms with van der Waals surface area (Å²) in [6.07, 6.45) is 3.24. The molecule has 2 aliphatic heterocycles. The Kier molecular flexibility index (Phi) is 4.39. The number of carbonyl (C=O) groups excluding carboxylic acids is 2. The lowest BCUT2D eigenvalue weighted by Crippen LogP contribution is -2.38. The van der Waals surface area contributed by atoms with E-state index >= 15 is 0 Å². The minimum Gasteiger partial charge on any atom is -0.342 e. The van der Waals surface area contributed by atoms with Crippen molar-refractivity contribution in [3.05, 3.63) is 28.8 Å². The van der Waals surface area contributed by atoms with Crippen LogP contribution in [0.1, 0.15) is 31.7 Å². The van der Waals surface area contributed by atoms with Gasteiger partial charge in [-0.2, -0.15) is 0 Å². The van der Waals surface area contributed by atoms with E-state index in [9.17, 15) is 9.59 Å². The summed E-state index contributed by atoms with van der Waals surface area (Å²) in [6.45, 7) is 3.88. The highest BCUT2D eigenvalue weighted by molar-refractivity contribution is 6.31. The van der Waals surface area contributed by atoms with E-state index in [2.05, 4.69) is 0 Å². The summed E-state index contributed by atoms with van der Waals surface area (Å²) in [7, 11) is 0. The number of nitrogens with zero attached hydrogens (tertiary/aromatic N) is 2. The van der Waals surface area contributed by atoms with Gasteiger partial charge in [0.15, 0.2) is 0 Å². The van der Waals surface area contributed by atoms with E-state index in [-0.39, 0.29) is 17.7 Å². The molecule has 2 aliphatic rings. The highest BCUT2D eigenvalue weighted by atomic mass is 35.5. The van der Waals surface area contributed by atoms with Crippen LogP contribution in [0.3, 0.4) is 0 Å². The summed E-state index contributed by atoms with van der Waals surface area (Å²) in [6, 6.07) is 5.75. The summed E-state index contributed by atoms with van der Waals surface area (Å²) in [5, 5.41) is 0.731. The second-order valence-electron chi connectivity index (χ2n) is 6.02. The molecule has 22 heavy (non-hydrogen) atoms. The van der Waals surface area contributed by atoms with Gasteiger partial charge in [-0.1, -0.05) is 17.7 Å². The number of halogens is 1. The van der Waals surface area contributed by atoms with Crippen LogP contribution < -0.4 is 4.90 Å². The number of hydrogen-bond acceptors (Lipinski definition) is 2. The van der Waals surface area contributed by atoms with Gasteiger partial charge in [0.2, 0.25) is 11.8 Å². The van der Waals surface area contributed by atoms with Crippen molar-refractivity contribution >= 4 is 29.1 Å². The molecule has 2 amide bonds. The van der Waals surface area contributed by atoms with Gasteiger partial charge in [-0.3, -0.25) is 9.59 Å². The average molecular weight is 321 g/mol. The zero-order valence-corrected chi connectivity index (χ0v) is 13.6. The number of carbonyl (C=O) groups is 2. The second kappa shape index (κ2) is 6.29. The largest absolute Gasteiger partial charge is 0.342 e. The fourth-order valence-corrected chi connectivity index (χ4v) is 3.70. The Morgan fingerprint density at radius 3 is 2.91 bits per heavy atom. The van der Waals surface area contributed by atoms with E-state index in [4.69, 9.17) is 11.6 Å². The van der Waals surface area contributed by atoms with Crippen LogP contribution in [0.5, 0.6) is 0 Å². The second-order valence-corrected chi connectivity index (χ2v) is 6.43. The van der Waals surface area contributed by atoms with Gasteiger partial charge in [-0.25, -0.2) is 0 Å². The van der Waals surface area contributed by atoms with Crippen LogP contribution in [-0.4, -0.2) is 36.3 Å². The third-order valence-electron chi connectivity index (χ3n) is 4.65. The van der Waals surface area contributed by atoms with Crippen molar-refractivity contribution in [2.75, 3.05) is 24.5 Å². The van der Waals surface area contributed by atoms with E-state index in [1.165, 1.54) is 0 Å². The smallest absolute Gasteiger partial charge is 0.232 e. The van der Waals surface area contributed by atoms with E-state index in [1.807, 2.05) is 30.0 Å². The molecule has 0 unspecified atom stereocenters. The lowest BCUT2D eigenvalue weighted by Gasteiger charge is -2.26. The monoisotopic (exact) mass is 320 g/mol. The lowest BCUT2D eigenvalue weighted by atomic mass is 10.0. The van der Waals surface area contributed by atoms with Crippen LogP contribution in [0.2, 0.25) is 5.02 Å². The highest BCUT2D eigenvalue weighted by Crippen LogP contribution is 2.33. The fraction of sp³-hybridized carbons (Fsp3) is 0.529. The molecule has 0 radical (unpaired) electrons. The third kappa shape index (κ3) is 2.72. The quantitative estimate of drug-likeness (QED) is 0.840. The van der Waals surface area contributed by atoms with E-state index < -0.39 is 0 Å². The Hall–Kier alpha value is -1.55. The van der Waals surface area contributed by atoms with Gasteiger partial charge in [-0.05, 0) is 43.9 Å². The molecule has 2 heterocycles. The minimum absolute atomic E-state index is 0.0646. The molecule has 1 aromatic carbocycles. The molecule has 0 aliphatic carbocycles. The number of benzene rings is 1. The number of hydrogen-bond donors (Lipinski definition) is 0. The van der Waals surface area contributed by atoms with Crippen LogP contribution in [0.4, 0.5) is 5.69 Å². The molecule has 0 N–H and O–H groups in total. The van der Waals surface area contributed by atoms with Crippen molar-refractivity contribution < 1.29 is 9.59 Å². The third-order valence-corrected chi connectivity index (χ3v) is 5.01. The number of likely N-dealkylation sites (tertiary alicyclic amines) is 1. The zero-order valence-electron chi connectivity index (χ0n) is 12.8. The molecule has 0 aromatic heterocycles. The normalized spacial score (nSPS) is 21.7. The van der Waals surface area contributed by atoms with Gasteiger partial charge in [0.25, 0.3) is 0 Å². The topological polar surface area (TPSA) is 40.6 Å². The standard InChI is InChI=1S/C17H21ClN2O2/c1-2-19-11-12(10-16(19)21)17(22)20-9-4-3-6-13-14(18)7-5-8-15(13)20/h5,7-8,12H,2-4,6,9-11H2,1H3/t12-/m0/s1. The van der Waals surface area contributed by atoms with Crippen LogP contribution in [-0.2, 0) is 16.0 Å². The van der Waals surface area contributed by atoms with E-state index in [0.717, 1.165) is 35.5 Å². The van der Waals surface area contributed by atoms with Crippen LogP contribution >= 0.6 is 11.6 Å². The molecule has 0 saturated carbocycles. The summed E-state index contributed by atoms with van der Waals surface area (Å²) in [5.41, 5.74) is 1.99. The Morgan fingerprint density at radius 1 is 1.36 bits per heavy atom. The van der Waals surface area contributed by atoms with Crippen molar-refractivity contribution in [3.8, 4) is 0 Å².